The predicted octanol–water partition coefficient (Wildman–Crippen LogP) is -1.98. The first-order chi connectivity index (χ1) is 14.7. The third-order valence-electron chi connectivity index (χ3n) is 6.51. The monoisotopic (exact) mass is 462 g/mol. The van der Waals surface area contributed by atoms with Crippen molar-refractivity contribution >= 4 is 22.3 Å². The zero-order valence-electron chi connectivity index (χ0n) is 17.5. The van der Waals surface area contributed by atoms with E-state index >= 15 is 0 Å². The molecule has 4 aliphatic rings. The van der Waals surface area contributed by atoms with Crippen LogP contribution in [-0.4, -0.2) is 122 Å². The molecule has 0 spiro atoms. The Morgan fingerprint density at radius 3 is 2.68 bits per heavy atom. The number of hydrogen-bond donors (Lipinski definition) is 3. The van der Waals surface area contributed by atoms with E-state index in [1.165, 1.54) is 4.90 Å². The lowest BCUT2D eigenvalue weighted by Gasteiger charge is -2.36. The van der Waals surface area contributed by atoms with E-state index in [4.69, 9.17) is 9.39 Å². The molecule has 2 bridgehead atoms. The van der Waals surface area contributed by atoms with Crippen molar-refractivity contribution in [1.82, 2.24) is 30.6 Å². The largest absolute Gasteiger partial charge is 0.418 e. The first-order valence-corrected chi connectivity index (χ1v) is 11.9. The molecule has 0 saturated carbocycles. The molecule has 4 saturated heterocycles. The summed E-state index contributed by atoms with van der Waals surface area (Å²) < 4.78 is 35.1. The number of nitrogens with one attached hydrogen (secondary N) is 2. The van der Waals surface area contributed by atoms with Crippen molar-refractivity contribution in [1.29, 1.82) is 0 Å². The molecule has 4 rings (SSSR count). The SMILES string of the molecule is CN1CCN([C@H]2CN[C@H](CONC(=O)[C@@H]3CC[C@@H]4CN3C(=O)N4OS(=O)(=O)O)C2)CC1. The summed E-state index contributed by atoms with van der Waals surface area (Å²) in [5, 5.41) is 4.05. The number of amides is 3. The lowest BCUT2D eigenvalue weighted by Crippen LogP contribution is -2.50. The molecule has 0 unspecified atom stereocenters. The highest BCUT2D eigenvalue weighted by Gasteiger charge is 2.49. The van der Waals surface area contributed by atoms with Crippen LogP contribution in [0.1, 0.15) is 19.3 Å². The number of hydrogen-bond acceptors (Lipinski definition) is 9. The maximum Gasteiger partial charge on any atom is 0.418 e. The molecule has 0 radical (unpaired) electrons. The fourth-order valence-electron chi connectivity index (χ4n) is 4.78. The Bertz CT molecular complexity index is 790. The van der Waals surface area contributed by atoms with Crippen LogP contribution in [0.2, 0.25) is 0 Å². The Hall–Kier alpha value is -1.55. The minimum atomic E-state index is -4.82. The molecule has 0 aliphatic carbocycles. The van der Waals surface area contributed by atoms with Gasteiger partial charge < -0.3 is 15.1 Å². The van der Waals surface area contributed by atoms with Crippen LogP contribution in [0.15, 0.2) is 0 Å². The Balaban J connectivity index is 1.21. The van der Waals surface area contributed by atoms with Crippen molar-refractivity contribution in [2.24, 2.45) is 0 Å². The van der Waals surface area contributed by atoms with Gasteiger partial charge in [-0.3, -0.25) is 19.1 Å². The molecule has 0 aromatic carbocycles. The molecule has 4 fully saturated rings. The quantitative estimate of drug-likeness (QED) is 0.287. The van der Waals surface area contributed by atoms with E-state index in [2.05, 4.69) is 31.9 Å². The molecule has 4 aliphatic heterocycles. The average molecular weight is 463 g/mol. The first-order valence-electron chi connectivity index (χ1n) is 10.6. The van der Waals surface area contributed by atoms with Crippen molar-refractivity contribution in [3.8, 4) is 0 Å². The Morgan fingerprint density at radius 2 is 1.97 bits per heavy atom. The van der Waals surface area contributed by atoms with E-state index in [1.807, 2.05) is 0 Å². The van der Waals surface area contributed by atoms with E-state index in [-0.39, 0.29) is 12.6 Å². The summed E-state index contributed by atoms with van der Waals surface area (Å²) in [5.74, 6) is -0.464. The van der Waals surface area contributed by atoms with Gasteiger partial charge in [-0.05, 0) is 26.3 Å². The minimum absolute atomic E-state index is 0.132. The van der Waals surface area contributed by atoms with Crippen LogP contribution in [0, 0.1) is 0 Å². The number of piperazine rings is 1. The van der Waals surface area contributed by atoms with E-state index in [0.29, 0.717) is 30.6 Å². The van der Waals surface area contributed by atoms with Crippen LogP contribution in [0.25, 0.3) is 0 Å². The second-order valence-electron chi connectivity index (χ2n) is 8.62. The van der Waals surface area contributed by atoms with Gasteiger partial charge in [-0.1, -0.05) is 0 Å². The van der Waals surface area contributed by atoms with Gasteiger partial charge in [0.05, 0.1) is 12.6 Å². The van der Waals surface area contributed by atoms with Gasteiger partial charge in [0.2, 0.25) is 0 Å². The number of hydroxylamine groups is 3. The molecule has 4 heterocycles. The molecule has 176 valence electrons. The maximum atomic E-state index is 12.5. The van der Waals surface area contributed by atoms with Crippen LogP contribution >= 0.6 is 0 Å². The van der Waals surface area contributed by atoms with Crippen LogP contribution in [0.4, 0.5) is 4.79 Å². The van der Waals surface area contributed by atoms with Crippen LogP contribution < -0.4 is 10.8 Å². The maximum absolute atomic E-state index is 12.5. The molecular weight excluding hydrogens is 432 g/mol. The zero-order valence-corrected chi connectivity index (χ0v) is 18.3. The molecule has 0 aromatic heterocycles. The average Bonchev–Trinajstić information content (AvgIpc) is 3.27. The molecule has 0 aromatic rings. The van der Waals surface area contributed by atoms with Gasteiger partial charge in [0, 0.05) is 51.4 Å². The summed E-state index contributed by atoms with van der Waals surface area (Å²) >= 11 is 0. The van der Waals surface area contributed by atoms with E-state index in [1.54, 1.807) is 0 Å². The standard InChI is InChI=1S/C17H30N6O7S/c1-20-4-6-21(7-5-20)14-8-12(18-9-14)11-29-19-16(24)15-3-2-13-10-22(15)17(25)23(13)30-31(26,27)28/h12-15,18H,2-11H2,1H3,(H,19,24)(H,26,27,28)/t12-,13+,14+,15-/m0/s1. The van der Waals surface area contributed by atoms with E-state index in [9.17, 15) is 18.0 Å². The minimum Gasteiger partial charge on any atom is -0.310 e. The molecule has 3 N–H and O–H groups in total. The third kappa shape index (κ3) is 5.27. The second-order valence-corrected chi connectivity index (χ2v) is 9.63. The molecule has 31 heavy (non-hydrogen) atoms. The number of piperidine rings is 1. The van der Waals surface area contributed by atoms with E-state index in [0.717, 1.165) is 39.1 Å². The van der Waals surface area contributed by atoms with E-state index < -0.39 is 34.4 Å². The Labute approximate surface area is 181 Å². The van der Waals surface area contributed by atoms with Gasteiger partial charge >= 0.3 is 16.4 Å². The highest BCUT2D eigenvalue weighted by atomic mass is 32.3. The van der Waals surface area contributed by atoms with Crippen LogP contribution in [-0.2, 0) is 24.3 Å². The molecule has 4 atom stereocenters. The first kappa shape index (κ1) is 22.6. The number of likely N-dealkylation sites (N-methyl/N-ethyl adjacent to an activating group) is 1. The van der Waals surface area contributed by atoms with Crippen molar-refractivity contribution in [3.63, 3.8) is 0 Å². The fraction of sp³-hybridized carbons (Fsp3) is 0.882. The molecule has 3 amide bonds. The summed E-state index contributed by atoms with van der Waals surface area (Å²) in [7, 11) is -2.69. The normalized spacial score (nSPS) is 32.6. The van der Waals surface area contributed by atoms with Gasteiger partial charge in [-0.25, -0.2) is 10.3 Å². The van der Waals surface area contributed by atoms with Gasteiger partial charge in [0.15, 0.2) is 0 Å². The molecular formula is C17H30N6O7S. The number of urea groups is 1. The van der Waals surface area contributed by atoms with Gasteiger partial charge in [-0.15, -0.1) is 4.28 Å². The van der Waals surface area contributed by atoms with Gasteiger partial charge in [-0.2, -0.15) is 13.5 Å². The predicted molar refractivity (Wildman–Crippen MR) is 107 cm³/mol. The van der Waals surface area contributed by atoms with Crippen molar-refractivity contribution in [3.05, 3.63) is 0 Å². The van der Waals surface area contributed by atoms with Gasteiger partial charge in [0.1, 0.15) is 6.04 Å². The Morgan fingerprint density at radius 1 is 1.23 bits per heavy atom. The summed E-state index contributed by atoms with van der Waals surface area (Å²) in [6.45, 7) is 5.59. The van der Waals surface area contributed by atoms with Crippen molar-refractivity contribution in [2.75, 3.05) is 52.9 Å². The second kappa shape index (κ2) is 9.13. The van der Waals surface area contributed by atoms with Gasteiger partial charge in [0.25, 0.3) is 5.91 Å². The van der Waals surface area contributed by atoms with Crippen molar-refractivity contribution < 1.29 is 31.7 Å². The highest BCUT2D eigenvalue weighted by molar-refractivity contribution is 7.80. The van der Waals surface area contributed by atoms with Crippen LogP contribution in [0.5, 0.6) is 0 Å². The summed E-state index contributed by atoms with van der Waals surface area (Å²) in [6, 6.07) is -1.49. The number of carbonyl (C=O) groups is 2. The molecule has 13 nitrogen and oxygen atoms in total. The fourth-order valence-corrected chi connectivity index (χ4v) is 5.16. The summed E-state index contributed by atoms with van der Waals surface area (Å²) in [4.78, 5) is 36.4. The molecule has 14 heteroatoms. The number of fused-ring (bicyclic) bond motifs is 2. The summed E-state index contributed by atoms with van der Waals surface area (Å²) in [5.41, 5.74) is 2.43. The third-order valence-corrected chi connectivity index (χ3v) is 6.86. The van der Waals surface area contributed by atoms with Crippen LogP contribution in [0.3, 0.4) is 0 Å². The van der Waals surface area contributed by atoms with Crippen molar-refractivity contribution in [2.45, 2.75) is 43.4 Å². The highest BCUT2D eigenvalue weighted by Crippen LogP contribution is 2.30. The lowest BCUT2D eigenvalue weighted by atomic mass is 10.0. The topological polar surface area (TPSA) is 144 Å². The number of rotatable bonds is 7. The zero-order chi connectivity index (χ0) is 22.2. The number of carbonyl (C=O) groups excluding carboxylic acids is 2. The smallest absolute Gasteiger partial charge is 0.310 e. The lowest BCUT2D eigenvalue weighted by molar-refractivity contribution is -0.139. The Kier molecular flexibility index (Phi) is 6.67. The summed E-state index contributed by atoms with van der Waals surface area (Å²) in [6.07, 6.45) is 1.65. The number of nitrogens with zero attached hydrogens (tertiary/aromatic N) is 4.